The molecule has 0 aromatic heterocycles. The van der Waals surface area contributed by atoms with E-state index in [1.165, 1.54) is 12.8 Å². The second kappa shape index (κ2) is 24.7. The third kappa shape index (κ3) is 18.0. The maximum absolute atomic E-state index is 12.9. The summed E-state index contributed by atoms with van der Waals surface area (Å²) in [5.41, 5.74) is -2.56. The molecule has 0 aromatic carbocycles. The molecule has 0 amide bonds. The van der Waals surface area contributed by atoms with Gasteiger partial charge in [0.15, 0.2) is 11.0 Å². The molecule has 8 heteroatoms. The molecule has 2 atom stereocenters. The van der Waals surface area contributed by atoms with E-state index < -0.39 is 35.3 Å². The summed E-state index contributed by atoms with van der Waals surface area (Å²) in [7, 11) is 0. The van der Waals surface area contributed by atoms with Gasteiger partial charge in [0.05, 0.1) is 26.2 Å². The van der Waals surface area contributed by atoms with Crippen molar-refractivity contribution < 1.29 is 33.7 Å². The van der Waals surface area contributed by atoms with E-state index in [1.807, 2.05) is 0 Å². The van der Waals surface area contributed by atoms with E-state index in [0.29, 0.717) is 19.3 Å². The highest BCUT2D eigenvalue weighted by Crippen LogP contribution is 2.26. The fourth-order valence-corrected chi connectivity index (χ4v) is 4.33. The van der Waals surface area contributed by atoms with Gasteiger partial charge in [-0.15, -0.1) is 11.6 Å². The molecule has 0 saturated carbocycles. The Morgan fingerprint density at radius 2 is 0.974 bits per heavy atom. The molecule has 0 saturated heterocycles. The summed E-state index contributed by atoms with van der Waals surface area (Å²) in [6.07, 6.45) is 17.5. The maximum Gasteiger partial charge on any atom is 0.340 e. The van der Waals surface area contributed by atoms with Crippen LogP contribution in [0.2, 0.25) is 0 Å². The third-order valence-corrected chi connectivity index (χ3v) is 7.17. The molecule has 0 rings (SSSR count). The van der Waals surface area contributed by atoms with Gasteiger partial charge in [-0.2, -0.15) is 0 Å². The van der Waals surface area contributed by atoms with Gasteiger partial charge >= 0.3 is 17.9 Å². The van der Waals surface area contributed by atoms with E-state index in [1.54, 1.807) is 0 Å². The average Bonchev–Trinajstić information content (AvgIpc) is 2.90. The Labute approximate surface area is 236 Å². The lowest BCUT2D eigenvalue weighted by Gasteiger charge is -2.28. The van der Waals surface area contributed by atoms with Gasteiger partial charge in [-0.05, 0) is 19.3 Å². The first kappa shape index (κ1) is 36.7. The number of alkyl halides is 1. The van der Waals surface area contributed by atoms with Crippen molar-refractivity contribution >= 4 is 29.5 Å². The predicted octanol–water partition coefficient (Wildman–Crippen LogP) is 7.43. The topological polar surface area (TPSA) is 99.1 Å². The smallest absolute Gasteiger partial charge is 0.340 e. The summed E-state index contributed by atoms with van der Waals surface area (Å²) in [5.74, 6) is -2.84. The quantitative estimate of drug-likeness (QED) is 0.0506. The lowest BCUT2D eigenvalue weighted by molar-refractivity contribution is -0.177. The van der Waals surface area contributed by atoms with Gasteiger partial charge in [-0.1, -0.05) is 117 Å². The van der Waals surface area contributed by atoms with E-state index in [9.17, 15) is 19.5 Å². The van der Waals surface area contributed by atoms with Crippen LogP contribution in [0.15, 0.2) is 0 Å². The minimum atomic E-state index is -2.56. The van der Waals surface area contributed by atoms with E-state index in [4.69, 9.17) is 25.8 Å². The van der Waals surface area contributed by atoms with Crippen LogP contribution < -0.4 is 0 Å². The average molecular weight is 563 g/mol. The first-order valence-electron chi connectivity index (χ1n) is 15.2. The van der Waals surface area contributed by atoms with Gasteiger partial charge in [0.2, 0.25) is 0 Å². The highest BCUT2D eigenvalue weighted by molar-refractivity contribution is 6.32. The molecule has 1 N–H and O–H groups in total. The summed E-state index contributed by atoms with van der Waals surface area (Å²) in [5, 5.41) is 9.38. The van der Waals surface area contributed by atoms with Gasteiger partial charge < -0.3 is 19.3 Å². The van der Waals surface area contributed by atoms with E-state index in [-0.39, 0.29) is 19.8 Å². The minimum absolute atomic E-state index is 0.0799. The van der Waals surface area contributed by atoms with Crippen molar-refractivity contribution in [3.63, 3.8) is 0 Å². The van der Waals surface area contributed by atoms with Crippen molar-refractivity contribution in [3.05, 3.63) is 0 Å². The second-order valence-electron chi connectivity index (χ2n) is 10.3. The molecule has 7 nitrogen and oxygen atoms in total. The number of carbonyl (C=O) groups excluding carboxylic acids is 3. The van der Waals surface area contributed by atoms with Gasteiger partial charge in [-0.25, -0.2) is 4.79 Å². The van der Waals surface area contributed by atoms with Crippen molar-refractivity contribution in [3.8, 4) is 0 Å². The Morgan fingerprint density at radius 1 is 0.605 bits per heavy atom. The lowest BCUT2D eigenvalue weighted by atomic mass is 9.95. The molecule has 0 aliphatic heterocycles. The summed E-state index contributed by atoms with van der Waals surface area (Å²) in [6.45, 7) is 6.84. The van der Waals surface area contributed by atoms with Crippen molar-refractivity contribution in [1.82, 2.24) is 0 Å². The number of hydrogen-bond donors (Lipinski definition) is 1. The molecule has 0 heterocycles. The molecule has 38 heavy (non-hydrogen) atoms. The molecular weight excluding hydrogens is 508 g/mol. The van der Waals surface area contributed by atoms with Crippen LogP contribution in [-0.4, -0.2) is 53.8 Å². The van der Waals surface area contributed by atoms with Crippen LogP contribution in [0.4, 0.5) is 0 Å². The first-order chi connectivity index (χ1) is 18.3. The molecule has 0 spiro atoms. The number of aliphatic hydroxyl groups is 1. The van der Waals surface area contributed by atoms with Crippen LogP contribution in [0.5, 0.6) is 0 Å². The minimum Gasteiger partial charge on any atom is -0.466 e. The highest BCUT2D eigenvalue weighted by atomic mass is 35.5. The Kier molecular flexibility index (Phi) is 23.8. The zero-order valence-corrected chi connectivity index (χ0v) is 25.2. The molecular formula is C30H55ClO7. The summed E-state index contributed by atoms with van der Waals surface area (Å²) in [6, 6.07) is 0. The molecule has 0 aliphatic carbocycles. The van der Waals surface area contributed by atoms with Crippen molar-refractivity contribution in [2.24, 2.45) is 0 Å². The fraction of sp³-hybridized carbons (Fsp3) is 0.900. The number of hydrogen-bond acceptors (Lipinski definition) is 7. The summed E-state index contributed by atoms with van der Waals surface area (Å²) >= 11 is 6.26. The Bertz CT molecular complexity index is 613. The fourth-order valence-electron chi connectivity index (χ4n) is 4.10. The zero-order chi connectivity index (χ0) is 28.5. The molecule has 0 fully saturated rings. The number of halogens is 1. The molecule has 224 valence electrons. The Balaban J connectivity index is 4.85. The van der Waals surface area contributed by atoms with E-state index in [0.717, 1.165) is 83.5 Å². The Morgan fingerprint density at radius 3 is 1.42 bits per heavy atom. The third-order valence-electron chi connectivity index (χ3n) is 6.63. The highest BCUT2D eigenvalue weighted by Gasteiger charge is 2.51. The second-order valence-corrected chi connectivity index (χ2v) is 10.7. The van der Waals surface area contributed by atoms with Crippen molar-refractivity contribution in [2.45, 2.75) is 154 Å². The maximum atomic E-state index is 12.9. The molecule has 0 bridgehead atoms. The van der Waals surface area contributed by atoms with Crippen LogP contribution in [0.3, 0.4) is 0 Å². The monoisotopic (exact) mass is 562 g/mol. The Hall–Kier alpha value is -1.34. The predicted molar refractivity (Wildman–Crippen MR) is 152 cm³/mol. The van der Waals surface area contributed by atoms with Gasteiger partial charge in [0.1, 0.15) is 0 Å². The van der Waals surface area contributed by atoms with Crippen LogP contribution in [0, 0.1) is 0 Å². The molecule has 0 radical (unpaired) electrons. The first-order valence-corrected chi connectivity index (χ1v) is 15.6. The zero-order valence-electron chi connectivity index (χ0n) is 24.4. The van der Waals surface area contributed by atoms with E-state index in [2.05, 4.69) is 20.8 Å². The number of carbonyl (C=O) groups is 3. The number of unbranched alkanes of at least 4 members (excludes halogenated alkanes) is 15. The van der Waals surface area contributed by atoms with Crippen LogP contribution >= 0.6 is 11.6 Å². The van der Waals surface area contributed by atoms with Gasteiger partial charge in [-0.3, -0.25) is 9.59 Å². The number of rotatable bonds is 26. The van der Waals surface area contributed by atoms with Crippen molar-refractivity contribution in [2.75, 3.05) is 19.8 Å². The van der Waals surface area contributed by atoms with Gasteiger partial charge in [0.25, 0.3) is 0 Å². The summed E-state index contributed by atoms with van der Waals surface area (Å²) in [4.78, 5) is 37.9. The molecule has 0 aromatic rings. The standard InChI is InChI=1S/C30H55ClO7/c1-4-7-10-13-16-19-22-36-26(32)25-30(35,29(34)38-24-21-18-15-12-9-6-3)27(31)28(33)37-23-20-17-14-11-8-5-2/h27,35H,4-25H2,1-3H3. The van der Waals surface area contributed by atoms with E-state index >= 15 is 0 Å². The van der Waals surface area contributed by atoms with Crippen LogP contribution in [0.25, 0.3) is 0 Å². The van der Waals surface area contributed by atoms with Crippen LogP contribution in [0.1, 0.15) is 143 Å². The normalized spacial score (nSPS) is 13.5. The van der Waals surface area contributed by atoms with Crippen molar-refractivity contribution in [1.29, 1.82) is 0 Å². The number of esters is 3. The van der Waals surface area contributed by atoms with Crippen LogP contribution in [-0.2, 0) is 28.6 Å². The molecule has 2 unspecified atom stereocenters. The largest absolute Gasteiger partial charge is 0.466 e. The number of ether oxygens (including phenoxy) is 3. The lowest BCUT2D eigenvalue weighted by Crippen LogP contribution is -2.53. The molecule has 0 aliphatic rings. The van der Waals surface area contributed by atoms with Gasteiger partial charge in [0, 0.05) is 0 Å². The SMILES string of the molecule is CCCCCCCCOC(=O)CC(O)(C(=O)OCCCCCCCC)C(Cl)C(=O)OCCCCCCCC. The summed E-state index contributed by atoms with van der Waals surface area (Å²) < 4.78 is 15.7.